The molecule has 1 aliphatic heterocycles. The lowest BCUT2D eigenvalue weighted by Gasteiger charge is -2.25. The van der Waals surface area contributed by atoms with Gasteiger partial charge in [-0.15, -0.1) is 0 Å². The highest BCUT2D eigenvalue weighted by Gasteiger charge is 2.45. The van der Waals surface area contributed by atoms with E-state index in [1.807, 2.05) is 6.92 Å². The van der Waals surface area contributed by atoms with Crippen LogP contribution in [0.5, 0.6) is 11.5 Å². The molecule has 1 unspecified atom stereocenters. The molecule has 1 fully saturated rings. The van der Waals surface area contributed by atoms with Gasteiger partial charge in [0, 0.05) is 12.1 Å². The maximum absolute atomic E-state index is 12.8. The van der Waals surface area contributed by atoms with Crippen molar-refractivity contribution in [3.8, 4) is 11.5 Å². The van der Waals surface area contributed by atoms with Crippen LogP contribution in [0.4, 0.5) is 0 Å². The Morgan fingerprint density at radius 1 is 1.21 bits per heavy atom. The van der Waals surface area contributed by atoms with Crippen LogP contribution in [0.2, 0.25) is 5.02 Å². The first-order valence-electron chi connectivity index (χ1n) is 8.80. The summed E-state index contributed by atoms with van der Waals surface area (Å²) in [5.41, 5.74) is 0.872. The predicted molar refractivity (Wildman–Crippen MR) is 105 cm³/mol. The Kier molecular flexibility index (Phi) is 5.61. The minimum Gasteiger partial charge on any atom is -0.507 e. The lowest BCUT2D eigenvalue weighted by atomic mass is 9.95. The van der Waals surface area contributed by atoms with Gasteiger partial charge >= 0.3 is 0 Å². The molecule has 1 aliphatic rings. The molecule has 0 saturated carbocycles. The second-order valence-corrected chi connectivity index (χ2v) is 6.84. The third-order valence-electron chi connectivity index (χ3n) is 4.64. The van der Waals surface area contributed by atoms with Gasteiger partial charge in [-0.05, 0) is 36.2 Å². The van der Waals surface area contributed by atoms with Gasteiger partial charge in [0.2, 0.25) is 0 Å². The van der Waals surface area contributed by atoms with Crippen LogP contribution < -0.4 is 4.74 Å². The fraction of sp³-hybridized carbons (Fsp3) is 0.238. The van der Waals surface area contributed by atoms with Crippen LogP contribution in [0, 0.1) is 0 Å². The van der Waals surface area contributed by atoms with Crippen LogP contribution in [-0.4, -0.2) is 40.5 Å². The number of ketones is 1. The van der Waals surface area contributed by atoms with E-state index in [2.05, 4.69) is 0 Å². The van der Waals surface area contributed by atoms with Crippen LogP contribution in [0.1, 0.15) is 30.5 Å². The third-order valence-corrected chi connectivity index (χ3v) is 4.94. The summed E-state index contributed by atoms with van der Waals surface area (Å²) in [7, 11) is 1.50. The largest absolute Gasteiger partial charge is 0.507 e. The summed E-state index contributed by atoms with van der Waals surface area (Å²) in [4.78, 5) is 26.8. The summed E-state index contributed by atoms with van der Waals surface area (Å²) in [5, 5.41) is 20.7. The number of hydrogen-bond acceptors (Lipinski definition) is 5. The molecule has 0 bridgehead atoms. The van der Waals surface area contributed by atoms with Gasteiger partial charge in [0.15, 0.2) is 0 Å². The molecule has 1 amide bonds. The molecule has 146 valence electrons. The number of likely N-dealkylation sites (tertiary alicyclic amines) is 1. The van der Waals surface area contributed by atoms with Gasteiger partial charge in [-0.25, -0.2) is 0 Å². The number of carbonyl (C=O) groups excluding carboxylic acids is 2. The number of methoxy groups -OCH3 is 1. The molecule has 2 aromatic carbocycles. The van der Waals surface area contributed by atoms with Crippen LogP contribution >= 0.6 is 11.6 Å². The molecular weight excluding hydrogens is 382 g/mol. The Morgan fingerprint density at radius 3 is 2.61 bits per heavy atom. The van der Waals surface area contributed by atoms with Gasteiger partial charge in [0.1, 0.15) is 17.3 Å². The molecule has 1 heterocycles. The van der Waals surface area contributed by atoms with E-state index in [9.17, 15) is 19.8 Å². The number of carbonyl (C=O) groups is 2. The second kappa shape index (κ2) is 7.94. The average Bonchev–Trinajstić information content (AvgIpc) is 2.95. The van der Waals surface area contributed by atoms with Gasteiger partial charge in [-0.3, -0.25) is 9.59 Å². The number of benzene rings is 2. The Hall–Kier alpha value is -2.99. The summed E-state index contributed by atoms with van der Waals surface area (Å²) in [6.07, 6.45) is 0.633. The first-order valence-corrected chi connectivity index (χ1v) is 9.18. The van der Waals surface area contributed by atoms with E-state index in [1.165, 1.54) is 24.1 Å². The van der Waals surface area contributed by atoms with E-state index in [0.717, 1.165) is 0 Å². The van der Waals surface area contributed by atoms with E-state index in [-0.39, 0.29) is 22.1 Å². The van der Waals surface area contributed by atoms with Gasteiger partial charge in [-0.1, -0.05) is 36.7 Å². The Morgan fingerprint density at radius 2 is 1.96 bits per heavy atom. The molecule has 0 spiro atoms. The highest BCUT2D eigenvalue weighted by Crippen LogP contribution is 2.41. The maximum atomic E-state index is 12.8. The maximum Gasteiger partial charge on any atom is 0.295 e. The molecule has 6 nitrogen and oxygen atoms in total. The van der Waals surface area contributed by atoms with Gasteiger partial charge in [0.25, 0.3) is 11.7 Å². The normalized spacial score (nSPS) is 18.5. The number of nitrogens with zero attached hydrogens (tertiary/aromatic N) is 1. The van der Waals surface area contributed by atoms with Crippen LogP contribution in [0.25, 0.3) is 5.76 Å². The van der Waals surface area contributed by atoms with Crippen LogP contribution in [-0.2, 0) is 9.59 Å². The molecule has 7 heteroatoms. The zero-order valence-electron chi connectivity index (χ0n) is 15.5. The summed E-state index contributed by atoms with van der Waals surface area (Å²) >= 11 is 6.04. The van der Waals surface area contributed by atoms with Gasteiger partial charge < -0.3 is 19.8 Å². The van der Waals surface area contributed by atoms with Crippen molar-refractivity contribution in [3.05, 3.63) is 64.2 Å². The van der Waals surface area contributed by atoms with Gasteiger partial charge in [-0.2, -0.15) is 0 Å². The molecule has 1 saturated heterocycles. The van der Waals surface area contributed by atoms with E-state index < -0.39 is 17.7 Å². The Labute approximate surface area is 167 Å². The highest BCUT2D eigenvalue weighted by molar-refractivity contribution is 6.46. The molecule has 3 rings (SSSR count). The summed E-state index contributed by atoms with van der Waals surface area (Å²) in [6, 6.07) is 10.3. The van der Waals surface area contributed by atoms with Crippen LogP contribution in [0.3, 0.4) is 0 Å². The number of ether oxygens (including phenoxy) is 1. The molecular formula is C21H20ClNO5. The number of rotatable bonds is 5. The van der Waals surface area contributed by atoms with Crippen molar-refractivity contribution in [3.63, 3.8) is 0 Å². The first kappa shape index (κ1) is 19.8. The fourth-order valence-corrected chi connectivity index (χ4v) is 3.51. The zero-order valence-corrected chi connectivity index (χ0v) is 16.2. The van der Waals surface area contributed by atoms with Crippen molar-refractivity contribution in [1.82, 2.24) is 4.90 Å². The number of amides is 1. The van der Waals surface area contributed by atoms with E-state index in [4.69, 9.17) is 16.3 Å². The van der Waals surface area contributed by atoms with Crippen molar-refractivity contribution in [1.29, 1.82) is 0 Å². The summed E-state index contributed by atoms with van der Waals surface area (Å²) in [6.45, 7) is 2.23. The minimum atomic E-state index is -0.802. The monoisotopic (exact) mass is 401 g/mol. The first-order chi connectivity index (χ1) is 13.4. The van der Waals surface area contributed by atoms with E-state index in [1.54, 1.807) is 30.3 Å². The predicted octanol–water partition coefficient (Wildman–Crippen LogP) is 3.89. The average molecular weight is 402 g/mol. The fourth-order valence-electron chi connectivity index (χ4n) is 3.32. The molecule has 2 aromatic rings. The number of phenols is 1. The molecule has 0 aromatic heterocycles. The number of phenolic OH excluding ortho intramolecular Hbond substituents is 1. The number of Topliss-reactive ketones (excluding diaryl/α,β-unsaturated/α-hetero) is 1. The van der Waals surface area contributed by atoms with Crippen molar-refractivity contribution in [2.75, 3.05) is 13.7 Å². The molecule has 0 aliphatic carbocycles. The summed E-state index contributed by atoms with van der Waals surface area (Å²) < 4.78 is 5.17. The Bertz CT molecular complexity index is 969. The number of aliphatic hydroxyl groups excluding tert-OH is 1. The second-order valence-electron chi connectivity index (χ2n) is 6.44. The number of halogens is 1. The lowest BCUT2D eigenvalue weighted by molar-refractivity contribution is -0.139. The van der Waals surface area contributed by atoms with Crippen LogP contribution in [0.15, 0.2) is 48.0 Å². The van der Waals surface area contributed by atoms with Crippen molar-refractivity contribution < 1.29 is 24.5 Å². The highest BCUT2D eigenvalue weighted by atomic mass is 35.5. The smallest absolute Gasteiger partial charge is 0.295 e. The van der Waals surface area contributed by atoms with Crippen molar-refractivity contribution in [2.24, 2.45) is 0 Å². The summed E-state index contributed by atoms with van der Waals surface area (Å²) in [5.74, 6) is -1.32. The number of hydrogen-bond donors (Lipinski definition) is 2. The number of aromatic hydroxyl groups is 1. The molecule has 1 atom stereocenters. The quantitative estimate of drug-likeness (QED) is 0.451. The molecule has 0 radical (unpaired) electrons. The molecule has 28 heavy (non-hydrogen) atoms. The SMILES string of the molecule is CCCN1C(=O)C(=O)/C(=C(\O)c2cccc(OC)c2)C1c1ccc(O)c(Cl)c1. The van der Waals surface area contributed by atoms with Gasteiger partial charge in [0.05, 0.1) is 23.7 Å². The number of aliphatic hydroxyl groups is 1. The van der Waals surface area contributed by atoms with Crippen molar-refractivity contribution >= 4 is 29.1 Å². The standard InChI is InChI=1S/C21H20ClNO5/c1-3-9-23-18(12-7-8-16(24)15(22)11-12)17(20(26)21(23)27)19(25)13-5-4-6-14(10-13)28-2/h4-8,10-11,18,24-25H,3,9H2,1-2H3/b19-17-. The van der Waals surface area contributed by atoms with Crippen molar-refractivity contribution in [2.45, 2.75) is 19.4 Å². The Balaban J connectivity index is 2.21. The molecule has 2 N–H and O–H groups in total. The zero-order chi connectivity index (χ0) is 20.4. The van der Waals surface area contributed by atoms with E-state index in [0.29, 0.717) is 29.8 Å². The van der Waals surface area contributed by atoms with E-state index >= 15 is 0 Å². The third kappa shape index (κ3) is 3.43. The minimum absolute atomic E-state index is 0.0199. The topological polar surface area (TPSA) is 87.1 Å². The lowest BCUT2D eigenvalue weighted by Crippen LogP contribution is -2.30.